The van der Waals surface area contributed by atoms with Crippen LogP contribution in [0.25, 0.3) is 0 Å². The first-order valence-electron chi connectivity index (χ1n) is 4.32. The van der Waals surface area contributed by atoms with E-state index in [1.165, 1.54) is 6.92 Å². The molecule has 15 heavy (non-hydrogen) atoms. The van der Waals surface area contributed by atoms with Crippen molar-refractivity contribution in [2.45, 2.75) is 25.2 Å². The van der Waals surface area contributed by atoms with Crippen LogP contribution < -0.4 is 5.32 Å². The molecule has 0 saturated carbocycles. The molecule has 0 radical (unpaired) electrons. The molecule has 0 aromatic rings. The number of hydrogen-bond acceptors (Lipinski definition) is 6. The minimum absolute atomic E-state index is 0.439. The largest absolute Gasteiger partial charge is 0.394 e. The fraction of sp³-hybridized carbons (Fsp3) is 0.750. The fourth-order valence-electron chi connectivity index (χ4n) is 0.825. The van der Waals surface area contributed by atoms with Gasteiger partial charge in [0, 0.05) is 6.92 Å². The standard InChI is InChI=1S/C8H15NO6/c1-4(11)9-2-5(12)7(14)8(15)6(13)3-10/h6-8,10,13-15H,2-3H2,1H3,(H,9,11)/t6-,7-,8-/m1/s1. The average molecular weight is 221 g/mol. The number of ketones is 1. The topological polar surface area (TPSA) is 127 Å². The van der Waals surface area contributed by atoms with Crippen molar-refractivity contribution < 1.29 is 30.0 Å². The number of Topliss-reactive ketones (excluding diaryl/α,β-unsaturated/α-hetero) is 1. The summed E-state index contributed by atoms with van der Waals surface area (Å²) in [5, 5.41) is 37.8. The third kappa shape index (κ3) is 4.84. The highest BCUT2D eigenvalue weighted by Gasteiger charge is 2.29. The minimum Gasteiger partial charge on any atom is -0.394 e. The maximum absolute atomic E-state index is 11.1. The van der Waals surface area contributed by atoms with Gasteiger partial charge in [0.1, 0.15) is 18.3 Å². The van der Waals surface area contributed by atoms with Crippen molar-refractivity contribution in [3.63, 3.8) is 0 Å². The molecule has 5 N–H and O–H groups in total. The summed E-state index contributed by atoms with van der Waals surface area (Å²) in [6.07, 6.45) is -5.20. The molecule has 7 nitrogen and oxygen atoms in total. The Hall–Kier alpha value is -1.02. The maximum Gasteiger partial charge on any atom is 0.217 e. The first-order chi connectivity index (χ1) is 6.90. The number of amides is 1. The average Bonchev–Trinajstić information content (AvgIpc) is 2.22. The molecule has 0 heterocycles. The van der Waals surface area contributed by atoms with Crippen molar-refractivity contribution in [2.24, 2.45) is 0 Å². The lowest BCUT2D eigenvalue weighted by Gasteiger charge is -2.20. The van der Waals surface area contributed by atoms with Crippen LogP contribution in [0.5, 0.6) is 0 Å². The highest BCUT2D eigenvalue weighted by atomic mass is 16.4. The van der Waals surface area contributed by atoms with Gasteiger partial charge < -0.3 is 25.7 Å². The van der Waals surface area contributed by atoms with Crippen LogP contribution in [0.15, 0.2) is 0 Å². The lowest BCUT2D eigenvalue weighted by atomic mass is 10.0. The summed E-state index contributed by atoms with van der Waals surface area (Å²) in [7, 11) is 0. The third-order valence-electron chi connectivity index (χ3n) is 1.75. The zero-order valence-corrected chi connectivity index (χ0v) is 8.25. The van der Waals surface area contributed by atoms with E-state index in [0.29, 0.717) is 0 Å². The van der Waals surface area contributed by atoms with Gasteiger partial charge in [-0.2, -0.15) is 0 Å². The Labute approximate surface area is 86.3 Å². The fourth-order valence-corrected chi connectivity index (χ4v) is 0.825. The number of rotatable bonds is 6. The van der Waals surface area contributed by atoms with Crippen LogP contribution in [0.2, 0.25) is 0 Å². The molecule has 0 spiro atoms. The molecule has 0 unspecified atom stereocenters. The van der Waals surface area contributed by atoms with Crippen molar-refractivity contribution in [2.75, 3.05) is 13.2 Å². The molecule has 0 saturated heterocycles. The molecule has 0 aliphatic carbocycles. The molecule has 88 valence electrons. The molecule has 7 heteroatoms. The van der Waals surface area contributed by atoms with E-state index >= 15 is 0 Å². The van der Waals surface area contributed by atoms with Gasteiger partial charge in [0.05, 0.1) is 13.2 Å². The number of aliphatic hydroxyl groups is 4. The van der Waals surface area contributed by atoms with E-state index in [2.05, 4.69) is 5.32 Å². The first-order valence-corrected chi connectivity index (χ1v) is 4.32. The molecule has 0 aliphatic heterocycles. The third-order valence-corrected chi connectivity index (χ3v) is 1.75. The Balaban J connectivity index is 4.13. The van der Waals surface area contributed by atoms with Crippen LogP contribution in [0.3, 0.4) is 0 Å². The Morgan fingerprint density at radius 3 is 2.20 bits per heavy atom. The monoisotopic (exact) mass is 221 g/mol. The summed E-state index contributed by atoms with van der Waals surface area (Å²) in [5.74, 6) is -1.29. The Morgan fingerprint density at radius 1 is 1.27 bits per heavy atom. The van der Waals surface area contributed by atoms with Crippen molar-refractivity contribution in [3.05, 3.63) is 0 Å². The van der Waals surface area contributed by atoms with Crippen molar-refractivity contribution in [1.29, 1.82) is 0 Å². The molecule has 0 rings (SSSR count). The highest BCUT2D eigenvalue weighted by molar-refractivity contribution is 5.88. The van der Waals surface area contributed by atoms with E-state index in [-0.39, 0.29) is 0 Å². The van der Waals surface area contributed by atoms with Gasteiger partial charge in [-0.1, -0.05) is 0 Å². The second kappa shape index (κ2) is 6.46. The highest BCUT2D eigenvalue weighted by Crippen LogP contribution is 2.00. The number of hydrogen-bond donors (Lipinski definition) is 5. The van der Waals surface area contributed by atoms with E-state index in [0.717, 1.165) is 0 Å². The van der Waals surface area contributed by atoms with Crippen LogP contribution in [0, 0.1) is 0 Å². The second-order valence-corrected chi connectivity index (χ2v) is 3.06. The minimum atomic E-state index is -1.83. The molecule has 3 atom stereocenters. The second-order valence-electron chi connectivity index (χ2n) is 3.06. The van der Waals surface area contributed by atoms with Crippen molar-refractivity contribution in [3.8, 4) is 0 Å². The predicted molar refractivity (Wildman–Crippen MR) is 48.8 cm³/mol. The summed E-state index contributed by atoms with van der Waals surface area (Å²) in [6, 6.07) is 0. The Kier molecular flexibility index (Phi) is 6.02. The van der Waals surface area contributed by atoms with Gasteiger partial charge in [0.15, 0.2) is 5.78 Å². The quantitative estimate of drug-likeness (QED) is 0.321. The molecular formula is C8H15NO6. The SMILES string of the molecule is CC(=O)NCC(=O)[C@@H](O)[C@H](O)[C@H](O)CO. The summed E-state index contributed by atoms with van der Waals surface area (Å²) < 4.78 is 0. The van der Waals surface area contributed by atoms with Gasteiger partial charge in [-0.25, -0.2) is 0 Å². The number of nitrogens with one attached hydrogen (secondary N) is 1. The zero-order valence-electron chi connectivity index (χ0n) is 8.25. The van der Waals surface area contributed by atoms with Crippen LogP contribution in [0.1, 0.15) is 6.92 Å². The van der Waals surface area contributed by atoms with Crippen LogP contribution in [-0.2, 0) is 9.59 Å². The summed E-state index contributed by atoms with van der Waals surface area (Å²) in [5.41, 5.74) is 0. The van der Waals surface area contributed by atoms with E-state index < -0.39 is 43.2 Å². The molecule has 0 fully saturated rings. The van der Waals surface area contributed by atoms with Gasteiger partial charge in [0.25, 0.3) is 0 Å². The van der Waals surface area contributed by atoms with Crippen LogP contribution in [-0.4, -0.2) is 63.6 Å². The molecule has 0 aromatic heterocycles. The normalized spacial score (nSPS) is 16.6. The van der Waals surface area contributed by atoms with Gasteiger partial charge in [0.2, 0.25) is 5.91 Å². The molecule has 0 aliphatic rings. The summed E-state index contributed by atoms with van der Waals surface area (Å²) in [4.78, 5) is 21.5. The molecule has 0 bridgehead atoms. The smallest absolute Gasteiger partial charge is 0.217 e. The lowest BCUT2D eigenvalue weighted by Crippen LogP contribution is -2.47. The Bertz CT molecular complexity index is 231. The zero-order chi connectivity index (χ0) is 12.0. The first kappa shape index (κ1) is 14.0. The van der Waals surface area contributed by atoms with E-state index in [1.54, 1.807) is 0 Å². The van der Waals surface area contributed by atoms with Crippen LogP contribution >= 0.6 is 0 Å². The van der Waals surface area contributed by atoms with Crippen molar-refractivity contribution >= 4 is 11.7 Å². The number of carbonyl (C=O) groups is 2. The molecular weight excluding hydrogens is 206 g/mol. The number of aliphatic hydroxyl groups excluding tert-OH is 4. The Morgan fingerprint density at radius 2 is 1.80 bits per heavy atom. The summed E-state index contributed by atoms with van der Waals surface area (Å²) >= 11 is 0. The summed E-state index contributed by atoms with van der Waals surface area (Å²) in [6.45, 7) is -0.0178. The van der Waals surface area contributed by atoms with Crippen LogP contribution in [0.4, 0.5) is 0 Å². The van der Waals surface area contributed by atoms with E-state index in [1.807, 2.05) is 0 Å². The molecule has 1 amide bonds. The lowest BCUT2D eigenvalue weighted by molar-refractivity contribution is -0.140. The maximum atomic E-state index is 11.1. The van der Waals surface area contributed by atoms with Gasteiger partial charge in [-0.05, 0) is 0 Å². The van der Waals surface area contributed by atoms with Gasteiger partial charge in [-0.15, -0.1) is 0 Å². The van der Waals surface area contributed by atoms with E-state index in [9.17, 15) is 14.7 Å². The van der Waals surface area contributed by atoms with Gasteiger partial charge in [-0.3, -0.25) is 9.59 Å². The number of carbonyl (C=O) groups excluding carboxylic acids is 2. The van der Waals surface area contributed by atoms with Gasteiger partial charge >= 0.3 is 0 Å². The predicted octanol–water partition coefficient (Wildman–Crippen LogP) is -3.23. The van der Waals surface area contributed by atoms with Crippen molar-refractivity contribution in [1.82, 2.24) is 5.32 Å². The molecule has 0 aromatic carbocycles. The van der Waals surface area contributed by atoms with E-state index in [4.69, 9.17) is 15.3 Å².